The Kier molecular flexibility index (Phi) is 6.49. The Morgan fingerprint density at radius 3 is 2.52 bits per heavy atom. The first-order chi connectivity index (χ1) is 15.8. The highest BCUT2D eigenvalue weighted by molar-refractivity contribution is 9.10. The molecule has 170 valence electrons. The van der Waals surface area contributed by atoms with Gasteiger partial charge in [-0.15, -0.1) is 0 Å². The fourth-order valence-electron chi connectivity index (χ4n) is 4.06. The van der Waals surface area contributed by atoms with Crippen LogP contribution in [0.2, 0.25) is 0 Å². The summed E-state index contributed by atoms with van der Waals surface area (Å²) in [6.45, 7) is 2.77. The maximum absolute atomic E-state index is 13.2. The molecule has 33 heavy (non-hydrogen) atoms. The minimum atomic E-state index is -0.693. The monoisotopic (exact) mass is 508 g/mol. The molecule has 1 saturated heterocycles. The maximum atomic E-state index is 13.2. The van der Waals surface area contributed by atoms with Gasteiger partial charge in [0.15, 0.2) is 0 Å². The molecule has 1 aliphatic heterocycles. The number of carbonyl (C=O) groups is 2. The average molecular weight is 509 g/mol. The van der Waals surface area contributed by atoms with Crippen molar-refractivity contribution in [2.24, 2.45) is 0 Å². The van der Waals surface area contributed by atoms with Crippen LogP contribution >= 0.6 is 15.9 Å². The van der Waals surface area contributed by atoms with Crippen LogP contribution in [-0.4, -0.2) is 63.6 Å². The van der Waals surface area contributed by atoms with Gasteiger partial charge in [-0.2, -0.15) is 5.10 Å². The van der Waals surface area contributed by atoms with Crippen molar-refractivity contribution in [2.75, 3.05) is 27.2 Å². The zero-order chi connectivity index (χ0) is 23.7. The van der Waals surface area contributed by atoms with Crippen LogP contribution in [-0.2, 0) is 9.59 Å². The lowest BCUT2D eigenvalue weighted by Crippen LogP contribution is -2.35. The molecular formula is C25H25BrN4O3. The number of aliphatic hydroxyl groups is 1. The molecular weight excluding hydrogens is 484 g/mol. The second-order valence-corrected chi connectivity index (χ2v) is 9.16. The van der Waals surface area contributed by atoms with Crippen LogP contribution in [0.3, 0.4) is 0 Å². The predicted octanol–water partition coefficient (Wildman–Crippen LogP) is 3.93. The molecule has 0 spiro atoms. The van der Waals surface area contributed by atoms with E-state index in [-0.39, 0.29) is 11.3 Å². The highest BCUT2D eigenvalue weighted by Crippen LogP contribution is 2.40. The van der Waals surface area contributed by atoms with Crippen LogP contribution in [0.4, 0.5) is 0 Å². The van der Waals surface area contributed by atoms with Crippen molar-refractivity contribution in [1.29, 1.82) is 0 Å². The molecule has 1 aromatic heterocycles. The SMILES string of the molecule is Cc1c(C(O)=C2C(=O)C(=O)N(CCN(C)C)[C@H]2c2cccc(Br)c2)cnn1-c1ccccc1. The van der Waals surface area contributed by atoms with Crippen LogP contribution in [0.25, 0.3) is 11.4 Å². The van der Waals surface area contributed by atoms with Gasteiger partial charge in [-0.1, -0.05) is 46.3 Å². The molecule has 1 aliphatic rings. The lowest BCUT2D eigenvalue weighted by Gasteiger charge is -2.26. The van der Waals surface area contributed by atoms with Gasteiger partial charge in [0, 0.05) is 17.6 Å². The van der Waals surface area contributed by atoms with Gasteiger partial charge in [-0.25, -0.2) is 4.68 Å². The van der Waals surface area contributed by atoms with Crippen molar-refractivity contribution in [3.63, 3.8) is 0 Å². The summed E-state index contributed by atoms with van der Waals surface area (Å²) in [4.78, 5) is 29.7. The second kappa shape index (κ2) is 9.33. The molecule has 2 heterocycles. The van der Waals surface area contributed by atoms with Gasteiger partial charge in [0.05, 0.1) is 34.8 Å². The third-order valence-electron chi connectivity index (χ3n) is 5.76. The zero-order valence-corrected chi connectivity index (χ0v) is 20.3. The molecule has 8 heteroatoms. The first kappa shape index (κ1) is 22.9. The van der Waals surface area contributed by atoms with Crippen molar-refractivity contribution in [3.05, 3.63) is 87.7 Å². The highest BCUT2D eigenvalue weighted by Gasteiger charge is 2.46. The Bertz CT molecular complexity index is 1230. The minimum absolute atomic E-state index is 0.0765. The van der Waals surface area contributed by atoms with Crippen molar-refractivity contribution < 1.29 is 14.7 Å². The van der Waals surface area contributed by atoms with E-state index in [1.165, 1.54) is 11.1 Å². The molecule has 1 atom stereocenters. The maximum Gasteiger partial charge on any atom is 0.295 e. The first-order valence-corrected chi connectivity index (χ1v) is 11.4. The third-order valence-corrected chi connectivity index (χ3v) is 6.25. The number of carbonyl (C=O) groups excluding carboxylic acids is 2. The molecule has 0 unspecified atom stereocenters. The van der Waals surface area contributed by atoms with E-state index in [4.69, 9.17) is 0 Å². The van der Waals surface area contributed by atoms with Crippen LogP contribution < -0.4 is 0 Å². The summed E-state index contributed by atoms with van der Waals surface area (Å²) in [5.41, 5.74) is 2.75. The number of hydrogen-bond acceptors (Lipinski definition) is 5. The summed E-state index contributed by atoms with van der Waals surface area (Å²) >= 11 is 3.48. The molecule has 1 fully saturated rings. The van der Waals surface area contributed by atoms with Crippen LogP contribution in [0.5, 0.6) is 0 Å². The van der Waals surface area contributed by atoms with Crippen molar-refractivity contribution in [2.45, 2.75) is 13.0 Å². The number of likely N-dealkylation sites (N-methyl/N-ethyl adjacent to an activating group) is 1. The van der Waals surface area contributed by atoms with Gasteiger partial charge in [0.2, 0.25) is 0 Å². The Labute approximate surface area is 201 Å². The van der Waals surface area contributed by atoms with E-state index in [0.29, 0.717) is 24.3 Å². The van der Waals surface area contributed by atoms with E-state index in [0.717, 1.165) is 15.7 Å². The lowest BCUT2D eigenvalue weighted by molar-refractivity contribution is -0.140. The number of amides is 1. The van der Waals surface area contributed by atoms with E-state index in [1.807, 2.05) is 80.5 Å². The summed E-state index contributed by atoms with van der Waals surface area (Å²) in [5, 5.41) is 15.8. The molecule has 4 rings (SSSR count). The number of hydrogen-bond donors (Lipinski definition) is 1. The molecule has 2 aromatic carbocycles. The largest absolute Gasteiger partial charge is 0.507 e. The van der Waals surface area contributed by atoms with E-state index in [9.17, 15) is 14.7 Å². The van der Waals surface area contributed by atoms with Gasteiger partial charge < -0.3 is 14.9 Å². The van der Waals surface area contributed by atoms with Crippen molar-refractivity contribution in [3.8, 4) is 5.69 Å². The van der Waals surface area contributed by atoms with Gasteiger partial charge in [-0.05, 0) is 50.8 Å². The Morgan fingerprint density at radius 1 is 1.12 bits per heavy atom. The topological polar surface area (TPSA) is 78.7 Å². The summed E-state index contributed by atoms with van der Waals surface area (Å²) < 4.78 is 2.52. The van der Waals surface area contributed by atoms with Crippen LogP contribution in [0, 0.1) is 6.92 Å². The minimum Gasteiger partial charge on any atom is -0.507 e. The summed E-state index contributed by atoms with van der Waals surface area (Å²) in [6, 6.07) is 16.3. The number of benzene rings is 2. The quantitative estimate of drug-likeness (QED) is 0.310. The number of likely N-dealkylation sites (tertiary alicyclic amines) is 1. The number of rotatable bonds is 6. The molecule has 0 aliphatic carbocycles. The summed E-state index contributed by atoms with van der Waals surface area (Å²) in [6.07, 6.45) is 1.53. The molecule has 0 saturated carbocycles. The molecule has 0 bridgehead atoms. The highest BCUT2D eigenvalue weighted by atomic mass is 79.9. The molecule has 1 N–H and O–H groups in total. The van der Waals surface area contributed by atoms with Gasteiger partial charge >= 0.3 is 0 Å². The van der Waals surface area contributed by atoms with Crippen molar-refractivity contribution in [1.82, 2.24) is 19.6 Å². The number of para-hydroxylation sites is 1. The standard InChI is InChI=1S/C25H25BrN4O3/c1-16-20(15-27-30(16)19-10-5-4-6-11-19)23(31)21-22(17-8-7-9-18(26)14-17)29(13-12-28(2)3)25(33)24(21)32/h4-11,14-15,22,31H,12-13H2,1-3H3/t22-/m0/s1. The van der Waals surface area contributed by atoms with Crippen molar-refractivity contribution >= 4 is 33.4 Å². The number of ketones is 1. The van der Waals surface area contributed by atoms with E-state index in [2.05, 4.69) is 21.0 Å². The van der Waals surface area contributed by atoms with Crippen LogP contribution in [0.15, 0.2) is 70.8 Å². The number of Topliss-reactive ketones (excluding diaryl/α,β-unsaturated/α-hetero) is 1. The molecule has 1 amide bonds. The third kappa shape index (κ3) is 4.36. The first-order valence-electron chi connectivity index (χ1n) is 10.6. The van der Waals surface area contributed by atoms with Crippen LogP contribution in [0.1, 0.15) is 22.9 Å². The second-order valence-electron chi connectivity index (χ2n) is 8.24. The Morgan fingerprint density at radius 2 is 1.85 bits per heavy atom. The summed E-state index contributed by atoms with van der Waals surface area (Å²) in [7, 11) is 3.82. The van der Waals surface area contributed by atoms with Gasteiger partial charge in [0.25, 0.3) is 11.7 Å². The average Bonchev–Trinajstić information content (AvgIpc) is 3.30. The predicted molar refractivity (Wildman–Crippen MR) is 130 cm³/mol. The number of nitrogens with zero attached hydrogens (tertiary/aromatic N) is 4. The normalized spacial score (nSPS) is 17.8. The Hall–Kier alpha value is -3.23. The Balaban J connectivity index is 1.85. The number of aliphatic hydroxyl groups excluding tert-OH is 1. The molecule has 3 aromatic rings. The van der Waals surface area contributed by atoms with Gasteiger partial charge in [0.1, 0.15) is 5.76 Å². The fourth-order valence-corrected chi connectivity index (χ4v) is 4.48. The smallest absolute Gasteiger partial charge is 0.295 e. The van der Waals surface area contributed by atoms with E-state index < -0.39 is 17.7 Å². The number of aromatic nitrogens is 2. The molecule has 7 nitrogen and oxygen atoms in total. The lowest BCUT2D eigenvalue weighted by atomic mass is 9.95. The number of halogens is 1. The zero-order valence-electron chi connectivity index (χ0n) is 18.7. The van der Waals surface area contributed by atoms with E-state index in [1.54, 1.807) is 4.68 Å². The molecule has 0 radical (unpaired) electrons. The fraction of sp³-hybridized carbons (Fsp3) is 0.240. The van der Waals surface area contributed by atoms with E-state index >= 15 is 0 Å². The summed E-state index contributed by atoms with van der Waals surface area (Å²) in [5.74, 6) is -1.52. The van der Waals surface area contributed by atoms with Gasteiger partial charge in [-0.3, -0.25) is 9.59 Å².